The molecule has 0 fully saturated rings. The summed E-state index contributed by atoms with van der Waals surface area (Å²) in [6.07, 6.45) is 55.5. The molecule has 52 heavy (non-hydrogen) atoms. The van der Waals surface area contributed by atoms with Gasteiger partial charge in [-0.15, -0.1) is 0 Å². The molecule has 1 atom stereocenters. The van der Waals surface area contributed by atoms with Gasteiger partial charge in [0.1, 0.15) is 6.10 Å². The number of rotatable bonds is 44. The van der Waals surface area contributed by atoms with E-state index in [2.05, 4.69) is 26.0 Å². The van der Waals surface area contributed by atoms with E-state index in [4.69, 9.17) is 9.84 Å². The van der Waals surface area contributed by atoms with Gasteiger partial charge in [-0.25, -0.2) is 0 Å². The van der Waals surface area contributed by atoms with Crippen LogP contribution >= 0.6 is 0 Å². The van der Waals surface area contributed by atoms with E-state index in [0.717, 1.165) is 70.6 Å². The second-order valence-electron chi connectivity index (χ2n) is 16.3. The van der Waals surface area contributed by atoms with Crippen LogP contribution in [0.2, 0.25) is 0 Å². The van der Waals surface area contributed by atoms with Crippen LogP contribution in [0.25, 0.3) is 0 Å². The van der Waals surface area contributed by atoms with Crippen molar-refractivity contribution in [2.75, 3.05) is 0 Å². The Kier molecular flexibility index (Phi) is 43.0. The molecule has 0 amide bonds. The zero-order valence-electron chi connectivity index (χ0n) is 35.4. The van der Waals surface area contributed by atoms with E-state index in [0.29, 0.717) is 6.42 Å². The van der Waals surface area contributed by atoms with Gasteiger partial charge in [-0.05, 0) is 57.8 Å². The zero-order chi connectivity index (χ0) is 37.8. The third kappa shape index (κ3) is 43.1. The van der Waals surface area contributed by atoms with Gasteiger partial charge >= 0.3 is 11.9 Å². The first-order valence-corrected chi connectivity index (χ1v) is 23.7. The smallest absolute Gasteiger partial charge is 0.306 e. The van der Waals surface area contributed by atoms with Crippen LogP contribution in [-0.2, 0) is 14.3 Å². The number of hydrogen-bond donors (Lipinski definition) is 1. The van der Waals surface area contributed by atoms with Crippen molar-refractivity contribution in [1.29, 1.82) is 0 Å². The summed E-state index contributed by atoms with van der Waals surface area (Å²) in [5, 5.41) is 8.85. The first-order valence-electron chi connectivity index (χ1n) is 23.7. The number of carbonyl (C=O) groups is 2. The quantitative estimate of drug-likeness (QED) is 0.0385. The Hall–Kier alpha value is -1.32. The van der Waals surface area contributed by atoms with Crippen molar-refractivity contribution in [2.45, 2.75) is 283 Å². The molecule has 0 aromatic carbocycles. The monoisotopic (exact) mass is 733 g/mol. The van der Waals surface area contributed by atoms with Crippen molar-refractivity contribution in [2.24, 2.45) is 0 Å². The maximum absolute atomic E-state index is 12.7. The highest BCUT2D eigenvalue weighted by Crippen LogP contribution is 2.19. The Morgan fingerprint density at radius 3 is 1.12 bits per heavy atom. The fraction of sp³-hybridized carbons (Fsp3) is 0.917. The summed E-state index contributed by atoms with van der Waals surface area (Å²) in [6.45, 7) is 4.57. The predicted octanol–water partition coefficient (Wildman–Crippen LogP) is 16.6. The Morgan fingerprint density at radius 2 is 0.712 bits per heavy atom. The minimum atomic E-state index is -0.700. The van der Waals surface area contributed by atoms with Crippen LogP contribution in [-0.4, -0.2) is 23.1 Å². The molecule has 308 valence electrons. The molecular weight excluding hydrogens is 641 g/mol. The number of carbonyl (C=O) groups excluding carboxylic acids is 1. The van der Waals surface area contributed by atoms with E-state index < -0.39 is 5.97 Å². The highest BCUT2D eigenvalue weighted by molar-refractivity contribution is 5.69. The van der Waals surface area contributed by atoms with Crippen molar-refractivity contribution in [3.63, 3.8) is 0 Å². The van der Waals surface area contributed by atoms with Gasteiger partial charge in [-0.2, -0.15) is 0 Å². The first kappa shape index (κ1) is 50.7. The normalized spacial score (nSPS) is 12.2. The van der Waals surface area contributed by atoms with Gasteiger partial charge in [-0.1, -0.05) is 219 Å². The van der Waals surface area contributed by atoms with Gasteiger partial charge < -0.3 is 9.84 Å². The van der Waals surface area contributed by atoms with Gasteiger partial charge in [0.25, 0.3) is 0 Å². The molecule has 0 aromatic rings. The summed E-state index contributed by atoms with van der Waals surface area (Å²) >= 11 is 0. The molecule has 0 aliphatic rings. The van der Waals surface area contributed by atoms with Crippen molar-refractivity contribution in [1.82, 2.24) is 0 Å². The Morgan fingerprint density at radius 1 is 0.404 bits per heavy atom. The molecule has 1 N–H and O–H groups in total. The molecule has 0 saturated carbocycles. The van der Waals surface area contributed by atoms with E-state index >= 15 is 0 Å². The lowest BCUT2D eigenvalue weighted by Gasteiger charge is -2.18. The summed E-state index contributed by atoms with van der Waals surface area (Å²) in [6, 6.07) is 0. The first-order chi connectivity index (χ1) is 25.6. The summed E-state index contributed by atoms with van der Waals surface area (Å²) < 4.78 is 6.02. The van der Waals surface area contributed by atoms with E-state index in [1.54, 1.807) is 0 Å². The highest BCUT2D eigenvalue weighted by Gasteiger charge is 2.14. The van der Waals surface area contributed by atoms with E-state index in [1.807, 2.05) is 0 Å². The number of hydrogen-bond acceptors (Lipinski definition) is 3. The number of esters is 1. The second-order valence-corrected chi connectivity index (χ2v) is 16.3. The molecule has 1 unspecified atom stereocenters. The van der Waals surface area contributed by atoms with Crippen LogP contribution in [0.4, 0.5) is 0 Å². The number of ether oxygens (including phenoxy) is 1. The lowest BCUT2D eigenvalue weighted by molar-refractivity contribution is -0.150. The molecule has 0 aliphatic carbocycles. The topological polar surface area (TPSA) is 63.6 Å². The van der Waals surface area contributed by atoms with Gasteiger partial charge in [0.05, 0.1) is 0 Å². The van der Waals surface area contributed by atoms with E-state index in [-0.39, 0.29) is 18.5 Å². The standard InChI is InChI=1S/C48H92O4/c1-3-5-7-9-11-13-15-17-18-19-20-21-22-23-24-26-28-30-32-37-41-45-48(51)52-46(43-39-35-33-36-40-44-47(49)50)42-38-34-31-29-27-25-16-14-12-10-8-6-4-2/h29,31,46H,3-28,30,32-45H2,1-2H3,(H,49,50)/b31-29-. The Bertz CT molecular complexity index is 747. The zero-order valence-corrected chi connectivity index (χ0v) is 35.4. The number of carboxylic acid groups (broad SMARTS) is 1. The number of carboxylic acids is 1. The molecule has 0 radical (unpaired) electrons. The molecule has 0 bridgehead atoms. The van der Waals surface area contributed by atoms with Crippen molar-refractivity contribution < 1.29 is 19.4 Å². The average Bonchev–Trinajstić information content (AvgIpc) is 3.13. The van der Waals surface area contributed by atoms with Crippen LogP contribution < -0.4 is 0 Å². The Labute approximate surface area is 325 Å². The van der Waals surface area contributed by atoms with Crippen LogP contribution in [0, 0.1) is 0 Å². The maximum Gasteiger partial charge on any atom is 0.306 e. The molecule has 0 spiro atoms. The minimum Gasteiger partial charge on any atom is -0.481 e. The summed E-state index contributed by atoms with van der Waals surface area (Å²) in [7, 11) is 0. The van der Waals surface area contributed by atoms with Gasteiger partial charge in [0, 0.05) is 12.8 Å². The molecule has 0 aromatic heterocycles. The van der Waals surface area contributed by atoms with Crippen LogP contribution in [0.1, 0.15) is 277 Å². The summed E-state index contributed by atoms with van der Waals surface area (Å²) in [5.74, 6) is -0.705. The lowest BCUT2D eigenvalue weighted by atomic mass is 10.0. The number of allylic oxidation sites excluding steroid dienone is 2. The average molecular weight is 733 g/mol. The van der Waals surface area contributed by atoms with Crippen LogP contribution in [0.3, 0.4) is 0 Å². The van der Waals surface area contributed by atoms with Gasteiger partial charge in [-0.3, -0.25) is 9.59 Å². The van der Waals surface area contributed by atoms with Crippen molar-refractivity contribution in [3.05, 3.63) is 12.2 Å². The summed E-state index contributed by atoms with van der Waals surface area (Å²) in [4.78, 5) is 23.5. The van der Waals surface area contributed by atoms with Crippen molar-refractivity contribution >= 4 is 11.9 Å². The molecular formula is C48H92O4. The van der Waals surface area contributed by atoms with Crippen molar-refractivity contribution in [3.8, 4) is 0 Å². The third-order valence-electron chi connectivity index (χ3n) is 11.0. The van der Waals surface area contributed by atoms with Gasteiger partial charge in [0.2, 0.25) is 0 Å². The molecule has 0 aliphatic heterocycles. The maximum atomic E-state index is 12.7. The molecule has 4 nitrogen and oxygen atoms in total. The van der Waals surface area contributed by atoms with Crippen LogP contribution in [0.15, 0.2) is 12.2 Å². The summed E-state index contributed by atoms with van der Waals surface area (Å²) in [5.41, 5.74) is 0. The second kappa shape index (κ2) is 44.1. The predicted molar refractivity (Wildman–Crippen MR) is 227 cm³/mol. The van der Waals surface area contributed by atoms with Crippen LogP contribution in [0.5, 0.6) is 0 Å². The van der Waals surface area contributed by atoms with E-state index in [1.165, 1.54) is 180 Å². The molecule has 0 heterocycles. The number of aliphatic carboxylic acids is 1. The molecule has 4 heteroatoms. The largest absolute Gasteiger partial charge is 0.481 e. The fourth-order valence-electron chi connectivity index (χ4n) is 7.48. The number of unbranched alkanes of at least 4 members (excludes halogenated alkanes) is 33. The third-order valence-corrected chi connectivity index (χ3v) is 11.0. The lowest BCUT2D eigenvalue weighted by Crippen LogP contribution is -2.18. The van der Waals surface area contributed by atoms with E-state index in [9.17, 15) is 9.59 Å². The molecule has 0 saturated heterocycles. The fourth-order valence-corrected chi connectivity index (χ4v) is 7.48. The molecule has 0 rings (SSSR count). The minimum absolute atomic E-state index is 0.00509. The highest BCUT2D eigenvalue weighted by atomic mass is 16.5. The van der Waals surface area contributed by atoms with Gasteiger partial charge in [0.15, 0.2) is 0 Å². The Balaban J connectivity index is 3.90. The SMILES string of the molecule is CCCCCCCCCC/C=C\CCCC(CCCCCCCC(=O)O)OC(=O)CCCCCCCCCCCCCCCCCCCCCCC.